The van der Waals surface area contributed by atoms with E-state index in [1.807, 2.05) is 25.1 Å². The van der Waals surface area contributed by atoms with Crippen LogP contribution in [-0.2, 0) is 0 Å². The Labute approximate surface area is 132 Å². The van der Waals surface area contributed by atoms with Crippen LogP contribution in [0.3, 0.4) is 0 Å². The maximum absolute atomic E-state index is 13.0. The van der Waals surface area contributed by atoms with E-state index in [0.29, 0.717) is 12.4 Å². The van der Waals surface area contributed by atoms with E-state index < -0.39 is 6.43 Å². The van der Waals surface area contributed by atoms with Gasteiger partial charge in [0.25, 0.3) is 0 Å². The van der Waals surface area contributed by atoms with E-state index in [1.54, 1.807) is 0 Å². The highest BCUT2D eigenvalue weighted by molar-refractivity contribution is 9.10. The topological polar surface area (TPSA) is 24.5 Å². The van der Waals surface area contributed by atoms with Gasteiger partial charge in [0.15, 0.2) is 0 Å². The predicted molar refractivity (Wildman–Crippen MR) is 83.1 cm³/mol. The number of nitrogens with zero attached hydrogens (tertiary/aromatic N) is 1. The number of benzene rings is 1. The summed E-state index contributed by atoms with van der Waals surface area (Å²) in [5.41, 5.74) is 0.841. The fourth-order valence-corrected chi connectivity index (χ4v) is 3.08. The first-order valence-electron chi connectivity index (χ1n) is 7.27. The summed E-state index contributed by atoms with van der Waals surface area (Å²) in [5.74, 6) is 0.699. The van der Waals surface area contributed by atoms with Crippen LogP contribution in [0, 0.1) is 0 Å². The molecule has 0 aliphatic carbocycles. The summed E-state index contributed by atoms with van der Waals surface area (Å²) < 4.78 is 32.6. The quantitative estimate of drug-likeness (QED) is 0.838. The molecule has 0 spiro atoms. The van der Waals surface area contributed by atoms with Gasteiger partial charge in [0.05, 0.1) is 6.61 Å². The van der Waals surface area contributed by atoms with Crippen LogP contribution in [-0.4, -0.2) is 44.1 Å². The largest absolute Gasteiger partial charge is 0.494 e. The normalized spacial score (nSPS) is 18.0. The highest BCUT2D eigenvalue weighted by atomic mass is 79.9. The molecule has 1 saturated heterocycles. The van der Waals surface area contributed by atoms with Crippen molar-refractivity contribution in [2.24, 2.45) is 0 Å². The summed E-state index contributed by atoms with van der Waals surface area (Å²) >= 11 is 3.43. The zero-order valence-electron chi connectivity index (χ0n) is 12.1. The van der Waals surface area contributed by atoms with Crippen LogP contribution >= 0.6 is 15.9 Å². The molecule has 0 radical (unpaired) electrons. The van der Waals surface area contributed by atoms with E-state index in [0.717, 1.165) is 36.2 Å². The van der Waals surface area contributed by atoms with Crippen molar-refractivity contribution in [2.45, 2.75) is 25.8 Å². The lowest BCUT2D eigenvalue weighted by Crippen LogP contribution is -2.45. The fraction of sp³-hybridized carbons (Fsp3) is 0.600. The first-order chi connectivity index (χ1) is 10.1. The highest BCUT2D eigenvalue weighted by Crippen LogP contribution is 2.35. The van der Waals surface area contributed by atoms with Gasteiger partial charge in [-0.3, -0.25) is 4.90 Å². The van der Waals surface area contributed by atoms with Crippen molar-refractivity contribution >= 4 is 15.9 Å². The van der Waals surface area contributed by atoms with Crippen LogP contribution in [0.25, 0.3) is 0 Å². The van der Waals surface area contributed by atoms with Gasteiger partial charge < -0.3 is 10.1 Å². The van der Waals surface area contributed by atoms with Crippen LogP contribution in [0.4, 0.5) is 8.78 Å². The molecule has 1 N–H and O–H groups in total. The van der Waals surface area contributed by atoms with Gasteiger partial charge >= 0.3 is 0 Å². The molecule has 1 aromatic carbocycles. The maximum atomic E-state index is 13.0. The molecule has 1 aliphatic heterocycles. The molecule has 0 amide bonds. The minimum absolute atomic E-state index is 0.170. The van der Waals surface area contributed by atoms with Crippen LogP contribution in [0.1, 0.15) is 24.9 Å². The van der Waals surface area contributed by atoms with Gasteiger partial charge in [-0.2, -0.15) is 0 Å². The van der Waals surface area contributed by atoms with Crippen molar-refractivity contribution in [3.63, 3.8) is 0 Å². The fourth-order valence-electron chi connectivity index (χ4n) is 2.70. The molecule has 21 heavy (non-hydrogen) atoms. The van der Waals surface area contributed by atoms with E-state index in [-0.39, 0.29) is 12.5 Å². The number of piperazine rings is 1. The Balaban J connectivity index is 2.31. The van der Waals surface area contributed by atoms with E-state index in [2.05, 4.69) is 26.1 Å². The van der Waals surface area contributed by atoms with Gasteiger partial charge in [0.2, 0.25) is 6.43 Å². The third-order valence-electron chi connectivity index (χ3n) is 3.62. The van der Waals surface area contributed by atoms with Crippen molar-refractivity contribution in [3.8, 4) is 5.75 Å². The Morgan fingerprint density at radius 1 is 1.33 bits per heavy atom. The van der Waals surface area contributed by atoms with Crippen LogP contribution in [0.5, 0.6) is 5.75 Å². The first kappa shape index (κ1) is 16.6. The second-order valence-corrected chi connectivity index (χ2v) is 5.96. The number of alkyl halides is 2. The number of hydrogen-bond donors (Lipinski definition) is 1. The molecule has 1 heterocycles. The number of halogens is 3. The maximum Gasteiger partial charge on any atom is 0.240 e. The average Bonchev–Trinajstić information content (AvgIpc) is 2.48. The van der Waals surface area contributed by atoms with Gasteiger partial charge in [0.1, 0.15) is 5.75 Å². The van der Waals surface area contributed by atoms with E-state index in [4.69, 9.17) is 4.74 Å². The number of rotatable bonds is 6. The third kappa shape index (κ3) is 4.63. The lowest BCUT2D eigenvalue weighted by molar-refractivity contribution is 0.0726. The molecule has 0 aromatic heterocycles. The monoisotopic (exact) mass is 362 g/mol. The average molecular weight is 363 g/mol. The molecule has 0 bridgehead atoms. The van der Waals surface area contributed by atoms with E-state index >= 15 is 0 Å². The Bertz CT molecular complexity index is 453. The van der Waals surface area contributed by atoms with E-state index in [1.165, 1.54) is 0 Å². The molecular weight excluding hydrogens is 342 g/mol. The molecular formula is C15H21BrF2N2O. The van der Waals surface area contributed by atoms with Crippen LogP contribution in [0.15, 0.2) is 22.7 Å². The Morgan fingerprint density at radius 3 is 2.67 bits per heavy atom. The smallest absolute Gasteiger partial charge is 0.240 e. The molecule has 1 atom stereocenters. The molecule has 1 aliphatic rings. The molecule has 1 aromatic rings. The minimum atomic E-state index is -2.33. The lowest BCUT2D eigenvalue weighted by atomic mass is 10.00. The van der Waals surface area contributed by atoms with Crippen molar-refractivity contribution in [2.75, 3.05) is 32.8 Å². The van der Waals surface area contributed by atoms with Crippen LogP contribution < -0.4 is 10.1 Å². The summed E-state index contributed by atoms with van der Waals surface area (Å²) in [6, 6.07) is 5.32. The zero-order valence-corrected chi connectivity index (χ0v) is 13.7. The van der Waals surface area contributed by atoms with Crippen molar-refractivity contribution < 1.29 is 13.5 Å². The van der Waals surface area contributed by atoms with Gasteiger partial charge in [0, 0.05) is 48.7 Å². The summed E-state index contributed by atoms with van der Waals surface area (Å²) in [6.45, 7) is 5.64. The molecule has 1 fully saturated rings. The standard InChI is InChI=1S/C15H21BrF2N2O/c1-2-21-14-4-3-11(16)9-12(14)13(10-15(17)18)20-7-5-19-6-8-20/h3-4,9,13,15,19H,2,5-8,10H2,1H3/t13-/m0/s1. The predicted octanol–water partition coefficient (Wildman–Crippen LogP) is 3.45. The number of nitrogens with one attached hydrogen (secondary N) is 1. The van der Waals surface area contributed by atoms with Gasteiger partial charge in [-0.15, -0.1) is 0 Å². The third-order valence-corrected chi connectivity index (χ3v) is 4.12. The SMILES string of the molecule is CCOc1ccc(Br)cc1[C@H](CC(F)F)N1CCNCC1. The molecule has 0 saturated carbocycles. The first-order valence-corrected chi connectivity index (χ1v) is 8.06. The van der Waals surface area contributed by atoms with Crippen molar-refractivity contribution in [1.82, 2.24) is 10.2 Å². The van der Waals surface area contributed by atoms with Gasteiger partial charge in [-0.05, 0) is 25.1 Å². The zero-order chi connectivity index (χ0) is 15.2. The van der Waals surface area contributed by atoms with Gasteiger partial charge in [-0.1, -0.05) is 15.9 Å². The van der Waals surface area contributed by atoms with E-state index in [9.17, 15) is 8.78 Å². The van der Waals surface area contributed by atoms with Gasteiger partial charge in [-0.25, -0.2) is 8.78 Å². The summed E-state index contributed by atoms with van der Waals surface area (Å²) in [5, 5.41) is 3.26. The molecule has 2 rings (SSSR count). The summed E-state index contributed by atoms with van der Waals surface area (Å²) in [7, 11) is 0. The Hall–Kier alpha value is -0.720. The van der Waals surface area contributed by atoms with Crippen molar-refractivity contribution in [1.29, 1.82) is 0 Å². The highest BCUT2D eigenvalue weighted by Gasteiger charge is 2.28. The Morgan fingerprint density at radius 2 is 2.05 bits per heavy atom. The second kappa shape index (κ2) is 8.06. The molecule has 6 heteroatoms. The Kier molecular flexibility index (Phi) is 6.39. The summed E-state index contributed by atoms with van der Waals surface area (Å²) in [6.07, 6.45) is -2.50. The molecule has 3 nitrogen and oxygen atoms in total. The van der Waals surface area contributed by atoms with Crippen LogP contribution in [0.2, 0.25) is 0 Å². The number of ether oxygens (including phenoxy) is 1. The minimum Gasteiger partial charge on any atom is -0.494 e. The second-order valence-electron chi connectivity index (χ2n) is 5.04. The molecule has 118 valence electrons. The van der Waals surface area contributed by atoms with Crippen molar-refractivity contribution in [3.05, 3.63) is 28.2 Å². The summed E-state index contributed by atoms with van der Waals surface area (Å²) in [4.78, 5) is 2.12. The molecule has 0 unspecified atom stereocenters. The lowest BCUT2D eigenvalue weighted by Gasteiger charge is -2.35. The number of hydrogen-bond acceptors (Lipinski definition) is 3.